The Labute approximate surface area is 119 Å². The first-order valence-corrected chi connectivity index (χ1v) is 6.46. The van der Waals surface area contributed by atoms with Crippen molar-refractivity contribution in [3.05, 3.63) is 23.4 Å². The second-order valence-electron chi connectivity index (χ2n) is 5.08. The van der Waals surface area contributed by atoms with Crippen LogP contribution in [0.25, 0.3) is 0 Å². The Hall–Kier alpha value is -1.83. The van der Waals surface area contributed by atoms with Crippen molar-refractivity contribution in [1.29, 1.82) is 0 Å². The lowest BCUT2D eigenvalue weighted by molar-refractivity contribution is -0.141. The normalized spacial score (nSPS) is 23.2. The minimum absolute atomic E-state index is 0.0241. The summed E-state index contributed by atoms with van der Waals surface area (Å²) < 4.78 is 43.9. The van der Waals surface area contributed by atoms with Crippen LogP contribution in [0, 0.1) is 0 Å². The Morgan fingerprint density at radius 2 is 2.10 bits per heavy atom. The number of anilines is 1. The highest BCUT2D eigenvalue weighted by Gasteiger charge is 2.35. The minimum Gasteiger partial charge on any atom is -0.375 e. The summed E-state index contributed by atoms with van der Waals surface area (Å²) in [7, 11) is 0. The van der Waals surface area contributed by atoms with E-state index in [1.807, 2.05) is 0 Å². The number of carbonyl (C=O) groups excluding carboxylic acids is 1. The molecule has 1 aliphatic rings. The van der Waals surface area contributed by atoms with Crippen molar-refractivity contribution in [2.24, 2.45) is 5.73 Å². The van der Waals surface area contributed by atoms with E-state index in [-0.39, 0.29) is 23.5 Å². The van der Waals surface area contributed by atoms with E-state index in [0.29, 0.717) is 13.2 Å². The SMILES string of the molecule is CC1CN(c2nc(C(F)(F)F)ccc2C(N)=O)C(C)CO1. The highest BCUT2D eigenvalue weighted by atomic mass is 19.4. The zero-order valence-corrected chi connectivity index (χ0v) is 11.6. The van der Waals surface area contributed by atoms with Crippen molar-refractivity contribution in [2.75, 3.05) is 18.1 Å². The van der Waals surface area contributed by atoms with E-state index in [1.54, 1.807) is 18.7 Å². The van der Waals surface area contributed by atoms with Gasteiger partial charge in [0.15, 0.2) is 0 Å². The number of primary amides is 1. The van der Waals surface area contributed by atoms with Crippen molar-refractivity contribution in [2.45, 2.75) is 32.2 Å². The summed E-state index contributed by atoms with van der Waals surface area (Å²) in [6, 6.07) is 1.63. The van der Waals surface area contributed by atoms with Gasteiger partial charge in [-0.1, -0.05) is 0 Å². The van der Waals surface area contributed by atoms with Gasteiger partial charge in [-0.25, -0.2) is 4.98 Å². The third-order valence-electron chi connectivity index (χ3n) is 3.31. The number of hydrogen-bond donors (Lipinski definition) is 1. The maximum Gasteiger partial charge on any atom is 0.433 e. The molecule has 0 saturated carbocycles. The molecule has 2 N–H and O–H groups in total. The molecule has 1 amide bonds. The number of carbonyl (C=O) groups is 1. The van der Waals surface area contributed by atoms with Crippen LogP contribution in [-0.2, 0) is 10.9 Å². The molecule has 2 heterocycles. The fourth-order valence-corrected chi connectivity index (χ4v) is 2.22. The third kappa shape index (κ3) is 3.26. The molecule has 5 nitrogen and oxygen atoms in total. The summed E-state index contributed by atoms with van der Waals surface area (Å²) in [5.41, 5.74) is 4.17. The maximum atomic E-state index is 12.8. The molecule has 1 saturated heterocycles. The molecular weight excluding hydrogens is 287 g/mol. The van der Waals surface area contributed by atoms with E-state index in [1.165, 1.54) is 0 Å². The average molecular weight is 303 g/mol. The summed E-state index contributed by atoms with van der Waals surface area (Å²) in [6.45, 7) is 4.28. The predicted octanol–water partition coefficient (Wildman–Crippen LogP) is 1.81. The van der Waals surface area contributed by atoms with E-state index in [4.69, 9.17) is 10.5 Å². The lowest BCUT2D eigenvalue weighted by Crippen LogP contribution is -2.48. The summed E-state index contributed by atoms with van der Waals surface area (Å²) in [6.07, 6.45) is -4.75. The van der Waals surface area contributed by atoms with Crippen LogP contribution in [0.5, 0.6) is 0 Å². The van der Waals surface area contributed by atoms with Crippen molar-refractivity contribution < 1.29 is 22.7 Å². The number of alkyl halides is 3. The van der Waals surface area contributed by atoms with Crippen molar-refractivity contribution in [3.8, 4) is 0 Å². The molecule has 1 aromatic rings. The smallest absolute Gasteiger partial charge is 0.375 e. The molecule has 0 aromatic carbocycles. The van der Waals surface area contributed by atoms with Gasteiger partial charge >= 0.3 is 6.18 Å². The largest absolute Gasteiger partial charge is 0.433 e. The first kappa shape index (κ1) is 15.6. The van der Waals surface area contributed by atoms with Gasteiger partial charge in [-0.15, -0.1) is 0 Å². The van der Waals surface area contributed by atoms with Crippen LogP contribution in [0.15, 0.2) is 12.1 Å². The third-order valence-corrected chi connectivity index (χ3v) is 3.31. The van der Waals surface area contributed by atoms with Gasteiger partial charge in [0.2, 0.25) is 0 Å². The Kier molecular flexibility index (Phi) is 4.08. The zero-order chi connectivity index (χ0) is 15.8. The van der Waals surface area contributed by atoms with Crippen LogP contribution in [0.2, 0.25) is 0 Å². The molecular formula is C13H16F3N3O2. The number of rotatable bonds is 2. The summed E-state index contributed by atoms with van der Waals surface area (Å²) in [4.78, 5) is 16.7. The van der Waals surface area contributed by atoms with Gasteiger partial charge in [-0.2, -0.15) is 13.2 Å². The molecule has 21 heavy (non-hydrogen) atoms. The van der Waals surface area contributed by atoms with Crippen LogP contribution in [0.4, 0.5) is 19.0 Å². The first-order chi connectivity index (χ1) is 9.70. The summed E-state index contributed by atoms with van der Waals surface area (Å²) in [5, 5.41) is 0. The van der Waals surface area contributed by atoms with Crippen LogP contribution >= 0.6 is 0 Å². The minimum atomic E-state index is -4.58. The number of ether oxygens (including phenoxy) is 1. The molecule has 1 aromatic heterocycles. The van der Waals surface area contributed by atoms with Crippen LogP contribution in [0.1, 0.15) is 29.9 Å². The van der Waals surface area contributed by atoms with Gasteiger partial charge in [-0.05, 0) is 26.0 Å². The van der Waals surface area contributed by atoms with Gasteiger partial charge < -0.3 is 15.4 Å². The maximum absolute atomic E-state index is 12.8. The monoisotopic (exact) mass is 303 g/mol. The van der Waals surface area contributed by atoms with Gasteiger partial charge in [0.25, 0.3) is 5.91 Å². The molecule has 0 aliphatic carbocycles. The summed E-state index contributed by atoms with van der Waals surface area (Å²) in [5.74, 6) is -0.849. The van der Waals surface area contributed by atoms with Crippen molar-refractivity contribution >= 4 is 11.7 Å². The Balaban J connectivity index is 2.50. The molecule has 2 unspecified atom stereocenters. The molecule has 8 heteroatoms. The van der Waals surface area contributed by atoms with E-state index >= 15 is 0 Å². The number of morpholine rings is 1. The molecule has 2 atom stereocenters. The Bertz CT molecular complexity index is 548. The fraction of sp³-hybridized carbons (Fsp3) is 0.538. The van der Waals surface area contributed by atoms with Crippen LogP contribution < -0.4 is 10.6 Å². The van der Waals surface area contributed by atoms with Gasteiger partial charge in [0.1, 0.15) is 11.5 Å². The van der Waals surface area contributed by atoms with Gasteiger partial charge in [-0.3, -0.25) is 4.79 Å². The predicted molar refractivity (Wildman–Crippen MR) is 70.0 cm³/mol. The van der Waals surface area contributed by atoms with Crippen molar-refractivity contribution in [1.82, 2.24) is 4.98 Å². The lowest BCUT2D eigenvalue weighted by Gasteiger charge is -2.38. The zero-order valence-electron chi connectivity index (χ0n) is 11.6. The van der Waals surface area contributed by atoms with E-state index in [2.05, 4.69) is 4.98 Å². The Morgan fingerprint density at radius 3 is 2.67 bits per heavy atom. The fourth-order valence-electron chi connectivity index (χ4n) is 2.22. The lowest BCUT2D eigenvalue weighted by atomic mass is 10.1. The molecule has 0 radical (unpaired) electrons. The number of aromatic nitrogens is 1. The van der Waals surface area contributed by atoms with Crippen molar-refractivity contribution in [3.63, 3.8) is 0 Å². The van der Waals surface area contributed by atoms with E-state index in [0.717, 1.165) is 12.1 Å². The first-order valence-electron chi connectivity index (χ1n) is 6.46. The number of nitrogens with zero attached hydrogens (tertiary/aromatic N) is 2. The molecule has 2 rings (SSSR count). The van der Waals surface area contributed by atoms with Crippen LogP contribution in [-0.4, -0.2) is 36.2 Å². The number of hydrogen-bond acceptors (Lipinski definition) is 4. The molecule has 0 spiro atoms. The topological polar surface area (TPSA) is 68.5 Å². The van der Waals surface area contributed by atoms with E-state index in [9.17, 15) is 18.0 Å². The quantitative estimate of drug-likeness (QED) is 0.905. The standard InChI is InChI=1S/C13H16F3N3O2/c1-7-6-21-8(2)5-19(7)12-9(11(17)20)3-4-10(18-12)13(14,15)16/h3-4,7-8H,5-6H2,1-2H3,(H2,17,20). The Morgan fingerprint density at radius 1 is 1.43 bits per heavy atom. The number of amides is 1. The second-order valence-corrected chi connectivity index (χ2v) is 5.08. The molecule has 116 valence electrons. The van der Waals surface area contributed by atoms with Gasteiger partial charge in [0.05, 0.1) is 24.3 Å². The molecule has 1 fully saturated rings. The highest BCUT2D eigenvalue weighted by Crippen LogP contribution is 2.31. The average Bonchev–Trinajstić information content (AvgIpc) is 2.39. The molecule has 0 bridgehead atoms. The number of halogens is 3. The highest BCUT2D eigenvalue weighted by molar-refractivity contribution is 5.97. The number of nitrogens with two attached hydrogens (primary N) is 1. The molecule has 1 aliphatic heterocycles. The van der Waals surface area contributed by atoms with Crippen LogP contribution in [0.3, 0.4) is 0 Å². The summed E-state index contributed by atoms with van der Waals surface area (Å²) >= 11 is 0. The van der Waals surface area contributed by atoms with E-state index < -0.39 is 17.8 Å². The second kappa shape index (κ2) is 5.51. The van der Waals surface area contributed by atoms with Gasteiger partial charge in [0, 0.05) is 6.54 Å². The number of pyridine rings is 1.